The van der Waals surface area contributed by atoms with Crippen LogP contribution in [0, 0.1) is 0 Å². The van der Waals surface area contributed by atoms with Gasteiger partial charge in [0, 0.05) is 16.0 Å². The number of nitrogens with one attached hydrogen (secondary N) is 1. The number of carbonyl (C=O) groups excluding carboxylic acids is 2. The van der Waals surface area contributed by atoms with Gasteiger partial charge in [-0.1, -0.05) is 43.2 Å². The van der Waals surface area contributed by atoms with Crippen LogP contribution in [0.2, 0.25) is 0 Å². The van der Waals surface area contributed by atoms with E-state index in [1.54, 1.807) is 0 Å². The molecule has 6 rings (SSSR count). The Morgan fingerprint density at radius 1 is 1.00 bits per heavy atom. The van der Waals surface area contributed by atoms with Crippen LogP contribution in [-0.4, -0.2) is 16.8 Å². The lowest BCUT2D eigenvalue weighted by atomic mass is 9.82. The van der Waals surface area contributed by atoms with Gasteiger partial charge in [0.25, 0.3) is 11.8 Å². The van der Waals surface area contributed by atoms with E-state index < -0.39 is 5.91 Å². The molecule has 6 nitrogen and oxygen atoms in total. The van der Waals surface area contributed by atoms with Gasteiger partial charge in [-0.15, -0.1) is 22.7 Å². The number of aromatic nitrogens is 1. The number of fused-ring (bicyclic) bond motifs is 3. The number of hydrogen-bond acceptors (Lipinski definition) is 6. The second kappa shape index (κ2) is 9.91. The molecule has 0 saturated heterocycles. The first-order valence-corrected chi connectivity index (χ1v) is 14.6. The van der Waals surface area contributed by atoms with E-state index in [1.165, 1.54) is 40.2 Å². The van der Waals surface area contributed by atoms with E-state index in [0.717, 1.165) is 77.7 Å². The molecular weight excluding hydrogens is 500 g/mol. The van der Waals surface area contributed by atoms with Crippen molar-refractivity contribution >= 4 is 55.4 Å². The summed E-state index contributed by atoms with van der Waals surface area (Å²) < 4.78 is 0. The van der Waals surface area contributed by atoms with Crippen molar-refractivity contribution in [2.75, 3.05) is 11.1 Å². The molecule has 3 aromatic heterocycles. The third-order valence-corrected chi connectivity index (χ3v) is 10.0. The Kier molecular flexibility index (Phi) is 6.46. The number of amides is 2. The summed E-state index contributed by atoms with van der Waals surface area (Å²) in [6.07, 6.45) is 9.08. The number of anilines is 2. The largest absolute Gasteiger partial charge is 0.397 e. The Morgan fingerprint density at radius 3 is 2.57 bits per heavy atom. The summed E-state index contributed by atoms with van der Waals surface area (Å²) in [5.41, 5.74) is 17.9. The zero-order valence-electron chi connectivity index (χ0n) is 20.6. The van der Waals surface area contributed by atoms with Crippen molar-refractivity contribution in [2.24, 2.45) is 5.73 Å². The molecule has 1 atom stereocenters. The average molecular weight is 531 g/mol. The third kappa shape index (κ3) is 4.53. The van der Waals surface area contributed by atoms with Gasteiger partial charge in [0.15, 0.2) is 0 Å². The van der Waals surface area contributed by atoms with Crippen molar-refractivity contribution in [1.29, 1.82) is 0 Å². The molecule has 2 aliphatic rings. The Hall–Kier alpha value is -3.23. The third-order valence-electron chi connectivity index (χ3n) is 7.71. The Morgan fingerprint density at radius 2 is 1.78 bits per heavy atom. The van der Waals surface area contributed by atoms with Gasteiger partial charge in [0.05, 0.1) is 11.3 Å². The molecule has 8 heteroatoms. The highest BCUT2D eigenvalue weighted by Crippen LogP contribution is 2.40. The molecule has 2 aliphatic carbocycles. The lowest BCUT2D eigenvalue weighted by molar-refractivity contribution is 0.100. The van der Waals surface area contributed by atoms with E-state index in [-0.39, 0.29) is 5.91 Å². The molecule has 0 fully saturated rings. The van der Waals surface area contributed by atoms with Gasteiger partial charge in [-0.05, 0) is 73.6 Å². The van der Waals surface area contributed by atoms with Crippen LogP contribution >= 0.6 is 22.7 Å². The molecule has 1 aromatic carbocycles. The van der Waals surface area contributed by atoms with Gasteiger partial charge < -0.3 is 16.8 Å². The predicted molar refractivity (Wildman–Crippen MR) is 152 cm³/mol. The summed E-state index contributed by atoms with van der Waals surface area (Å²) >= 11 is 2.80. The minimum atomic E-state index is -0.486. The van der Waals surface area contributed by atoms with Crippen LogP contribution in [0.3, 0.4) is 0 Å². The normalized spacial score (nSPS) is 17.5. The average Bonchev–Trinajstić information content (AvgIpc) is 3.39. The molecule has 37 heavy (non-hydrogen) atoms. The quantitative estimate of drug-likeness (QED) is 0.291. The van der Waals surface area contributed by atoms with Crippen molar-refractivity contribution < 1.29 is 9.59 Å². The predicted octanol–water partition coefficient (Wildman–Crippen LogP) is 6.22. The number of primary amides is 1. The molecule has 0 aliphatic heterocycles. The minimum absolute atomic E-state index is 0.308. The summed E-state index contributed by atoms with van der Waals surface area (Å²) in [5.74, 6) is -0.335. The number of aryl methyl sites for hydroxylation is 2. The number of hydrogen-bond donors (Lipinski definition) is 3. The maximum Gasteiger partial charge on any atom is 0.268 e. The first kappa shape index (κ1) is 24.1. The fourth-order valence-corrected chi connectivity index (χ4v) is 8.08. The van der Waals surface area contributed by atoms with Crippen LogP contribution in [0.1, 0.15) is 85.3 Å². The fourth-order valence-electron chi connectivity index (χ4n) is 5.80. The van der Waals surface area contributed by atoms with Gasteiger partial charge in [0.1, 0.15) is 14.7 Å². The highest BCUT2D eigenvalue weighted by Gasteiger charge is 2.27. The topological polar surface area (TPSA) is 111 Å². The summed E-state index contributed by atoms with van der Waals surface area (Å²) in [7, 11) is 0. The van der Waals surface area contributed by atoms with E-state index >= 15 is 0 Å². The molecule has 0 bridgehead atoms. The van der Waals surface area contributed by atoms with Crippen LogP contribution in [0.15, 0.2) is 36.4 Å². The summed E-state index contributed by atoms with van der Waals surface area (Å²) in [6.45, 7) is 0. The lowest BCUT2D eigenvalue weighted by Crippen LogP contribution is -2.18. The second-order valence-electron chi connectivity index (χ2n) is 10.1. The summed E-state index contributed by atoms with van der Waals surface area (Å²) in [5, 5.41) is 4.36. The number of nitrogens with two attached hydrogens (primary N) is 2. The van der Waals surface area contributed by atoms with Crippen LogP contribution < -0.4 is 16.8 Å². The smallest absolute Gasteiger partial charge is 0.268 e. The summed E-state index contributed by atoms with van der Waals surface area (Å²) in [6, 6.07) is 12.7. The molecular formula is C29H30N4O2S2. The Balaban J connectivity index is 1.30. The molecule has 0 radical (unpaired) electrons. The maximum absolute atomic E-state index is 13.4. The molecule has 190 valence electrons. The van der Waals surface area contributed by atoms with E-state index in [1.807, 2.05) is 6.07 Å². The fraction of sp³-hybridized carbons (Fsp3) is 0.345. The molecule has 2 amide bonds. The highest BCUT2D eigenvalue weighted by molar-refractivity contribution is 7.21. The van der Waals surface area contributed by atoms with Crippen molar-refractivity contribution in [2.45, 2.75) is 63.7 Å². The van der Waals surface area contributed by atoms with E-state index in [0.29, 0.717) is 27.0 Å². The number of benzene rings is 1. The van der Waals surface area contributed by atoms with E-state index in [9.17, 15) is 9.59 Å². The van der Waals surface area contributed by atoms with Crippen molar-refractivity contribution in [3.05, 3.63) is 74.1 Å². The zero-order valence-corrected chi connectivity index (χ0v) is 22.3. The number of pyridine rings is 1. The van der Waals surface area contributed by atoms with Gasteiger partial charge >= 0.3 is 0 Å². The Labute approximate surface area is 224 Å². The molecule has 0 spiro atoms. The van der Waals surface area contributed by atoms with Gasteiger partial charge in [0.2, 0.25) is 0 Å². The molecule has 3 heterocycles. The van der Waals surface area contributed by atoms with Crippen LogP contribution in [0.4, 0.5) is 10.7 Å². The Bertz CT molecular complexity index is 1510. The van der Waals surface area contributed by atoms with Gasteiger partial charge in [-0.2, -0.15) is 0 Å². The number of nitrogen functional groups attached to an aromatic ring is 1. The first-order valence-electron chi connectivity index (χ1n) is 13.0. The van der Waals surface area contributed by atoms with Crippen LogP contribution in [0.25, 0.3) is 10.2 Å². The van der Waals surface area contributed by atoms with Crippen LogP contribution in [0.5, 0.6) is 0 Å². The first-order chi connectivity index (χ1) is 18.0. The van der Waals surface area contributed by atoms with Crippen LogP contribution in [-0.2, 0) is 25.7 Å². The number of thiophene rings is 2. The van der Waals surface area contributed by atoms with Crippen molar-refractivity contribution in [3.63, 3.8) is 0 Å². The second-order valence-corrected chi connectivity index (χ2v) is 12.2. The van der Waals surface area contributed by atoms with E-state index in [4.69, 9.17) is 16.5 Å². The molecule has 4 aromatic rings. The number of carbonyl (C=O) groups is 2. The molecule has 1 unspecified atom stereocenters. The molecule has 0 saturated carbocycles. The van der Waals surface area contributed by atoms with Gasteiger partial charge in [-0.3, -0.25) is 9.59 Å². The maximum atomic E-state index is 13.4. The SMILES string of the molecule is NC(=O)c1c(NC(=O)c2sc3nc4c(cc3c2N)CC(c2ccccc2)CC4)sc2c1CCCCCC2. The zero-order chi connectivity index (χ0) is 25.5. The highest BCUT2D eigenvalue weighted by atomic mass is 32.1. The molecule has 5 N–H and O–H groups in total. The minimum Gasteiger partial charge on any atom is -0.397 e. The monoisotopic (exact) mass is 530 g/mol. The van der Waals surface area contributed by atoms with Gasteiger partial charge in [-0.25, -0.2) is 4.98 Å². The van der Waals surface area contributed by atoms with Crippen molar-refractivity contribution in [1.82, 2.24) is 4.98 Å². The number of nitrogens with zero attached hydrogens (tertiary/aromatic N) is 1. The standard InChI is InChI=1S/C29H30N4O2S2/c30-24-20-15-18-14-17(16-8-4-3-5-9-16)12-13-21(18)32-28(20)37-25(24)27(35)33-29-23(26(31)34)19-10-6-1-2-7-11-22(19)36-29/h3-5,8-9,15,17H,1-2,6-7,10-14,30H2,(H2,31,34)(H,33,35). The van der Waals surface area contributed by atoms with Crippen molar-refractivity contribution in [3.8, 4) is 0 Å². The summed E-state index contributed by atoms with van der Waals surface area (Å²) in [4.78, 5) is 33.1. The number of rotatable bonds is 4. The lowest BCUT2D eigenvalue weighted by Gasteiger charge is -2.24. The van der Waals surface area contributed by atoms with E-state index in [2.05, 4.69) is 35.6 Å².